The van der Waals surface area contributed by atoms with E-state index in [0.29, 0.717) is 39.5 Å². The summed E-state index contributed by atoms with van der Waals surface area (Å²) in [5.41, 5.74) is 3.21. The van der Waals surface area contributed by atoms with Crippen molar-refractivity contribution in [2.45, 2.75) is 13.5 Å². The number of anilines is 2. The summed E-state index contributed by atoms with van der Waals surface area (Å²) in [6, 6.07) is 32.1. The highest BCUT2D eigenvalue weighted by atomic mass is 79.9. The number of amides is 4. The van der Waals surface area contributed by atoms with E-state index in [-0.39, 0.29) is 5.57 Å². The van der Waals surface area contributed by atoms with Gasteiger partial charge in [0, 0.05) is 5.56 Å². The number of halogens is 1. The molecule has 0 spiro atoms. The zero-order valence-electron chi connectivity index (χ0n) is 24.0. The molecule has 0 N–H and O–H groups in total. The highest BCUT2D eigenvalue weighted by Gasteiger charge is 2.43. The predicted molar refractivity (Wildman–Crippen MR) is 175 cm³/mol. The van der Waals surface area contributed by atoms with Gasteiger partial charge in [-0.2, -0.15) is 0 Å². The summed E-state index contributed by atoms with van der Waals surface area (Å²) >= 11 is 3.60. The van der Waals surface area contributed by atoms with E-state index in [4.69, 9.17) is 9.47 Å². The molecule has 1 aliphatic rings. The Morgan fingerprint density at radius 1 is 0.750 bits per heavy atom. The van der Waals surface area contributed by atoms with E-state index in [1.54, 1.807) is 72.8 Å². The van der Waals surface area contributed by atoms with E-state index < -0.39 is 17.8 Å². The number of benzene rings is 5. The number of rotatable bonds is 7. The first-order chi connectivity index (χ1) is 21.4. The van der Waals surface area contributed by atoms with Crippen LogP contribution in [0.2, 0.25) is 0 Å². The molecule has 0 atom stereocenters. The molecule has 5 aromatic carbocycles. The standard InChI is InChI=1S/C36H27BrN2O5/c1-23-17-18-25-11-9-10-16-28(25)30(23)22-44-33-31(37)20-24(21-32(33)43-2)19-29-34(40)38(26-12-5-3-6-13-26)36(42)39(35(29)41)27-14-7-4-8-15-27/h3-21H,22H2,1-2H3. The summed E-state index contributed by atoms with van der Waals surface area (Å²) < 4.78 is 12.6. The van der Waals surface area contributed by atoms with Crippen molar-refractivity contribution in [3.63, 3.8) is 0 Å². The van der Waals surface area contributed by atoms with Crippen molar-refractivity contribution in [3.05, 3.63) is 136 Å². The van der Waals surface area contributed by atoms with Crippen molar-refractivity contribution in [3.8, 4) is 11.5 Å². The van der Waals surface area contributed by atoms with Gasteiger partial charge in [-0.15, -0.1) is 0 Å². The number of ether oxygens (including phenoxy) is 2. The third-order valence-corrected chi connectivity index (χ3v) is 8.07. The lowest BCUT2D eigenvalue weighted by Crippen LogP contribution is -2.57. The first kappa shape index (κ1) is 28.9. The number of nitrogens with zero attached hydrogens (tertiary/aromatic N) is 2. The Morgan fingerprint density at radius 3 is 1.95 bits per heavy atom. The minimum atomic E-state index is -0.749. The summed E-state index contributed by atoms with van der Waals surface area (Å²) in [5.74, 6) is -0.550. The third-order valence-electron chi connectivity index (χ3n) is 7.48. The molecule has 0 unspecified atom stereocenters. The number of barbiturate groups is 1. The van der Waals surface area contributed by atoms with Crippen LogP contribution in [0.3, 0.4) is 0 Å². The first-order valence-corrected chi connectivity index (χ1v) is 14.7. The molecule has 0 saturated carbocycles. The lowest BCUT2D eigenvalue weighted by Gasteiger charge is -2.34. The zero-order chi connectivity index (χ0) is 30.8. The van der Waals surface area contributed by atoms with E-state index >= 15 is 0 Å². The summed E-state index contributed by atoms with van der Waals surface area (Å²) in [5, 5.41) is 2.23. The fraction of sp³-hybridized carbons (Fsp3) is 0.0833. The number of imide groups is 2. The summed E-state index contributed by atoms with van der Waals surface area (Å²) in [7, 11) is 1.53. The van der Waals surface area contributed by atoms with E-state index in [9.17, 15) is 14.4 Å². The smallest absolute Gasteiger partial charge is 0.343 e. The van der Waals surface area contributed by atoms with Gasteiger partial charge in [0.15, 0.2) is 11.5 Å². The van der Waals surface area contributed by atoms with Crippen LogP contribution in [0.4, 0.5) is 16.2 Å². The zero-order valence-corrected chi connectivity index (χ0v) is 25.6. The largest absolute Gasteiger partial charge is 0.493 e. The van der Waals surface area contributed by atoms with Gasteiger partial charge < -0.3 is 9.47 Å². The summed E-state index contributed by atoms with van der Waals surface area (Å²) in [6.45, 7) is 2.35. The normalized spacial score (nSPS) is 13.4. The third kappa shape index (κ3) is 5.36. The maximum absolute atomic E-state index is 13.8. The molecular weight excluding hydrogens is 620 g/mol. The van der Waals surface area contributed by atoms with Crippen LogP contribution in [0.1, 0.15) is 16.7 Å². The van der Waals surface area contributed by atoms with Crippen LogP contribution in [-0.4, -0.2) is 25.0 Å². The molecule has 1 aliphatic heterocycles. The maximum atomic E-state index is 13.8. The summed E-state index contributed by atoms with van der Waals surface area (Å²) in [4.78, 5) is 43.1. The summed E-state index contributed by atoms with van der Waals surface area (Å²) in [6.07, 6.45) is 1.47. The molecule has 0 radical (unpaired) electrons. The molecule has 7 nitrogen and oxygen atoms in total. The van der Waals surface area contributed by atoms with Crippen molar-refractivity contribution in [1.29, 1.82) is 0 Å². The highest BCUT2D eigenvalue weighted by Crippen LogP contribution is 2.39. The molecule has 0 bridgehead atoms. The predicted octanol–water partition coefficient (Wildman–Crippen LogP) is 8.08. The molecular formula is C36H27BrN2O5. The number of carbonyl (C=O) groups excluding carboxylic acids is 3. The average molecular weight is 648 g/mol. The molecule has 1 fully saturated rings. The molecule has 4 amide bonds. The van der Waals surface area contributed by atoms with Gasteiger partial charge in [-0.25, -0.2) is 14.6 Å². The lowest BCUT2D eigenvalue weighted by molar-refractivity contribution is -0.121. The molecule has 5 aromatic rings. The quantitative estimate of drug-likeness (QED) is 0.132. The van der Waals surface area contributed by atoms with Gasteiger partial charge in [0.05, 0.1) is 23.0 Å². The second kappa shape index (κ2) is 12.2. The Hall–Kier alpha value is -5.21. The topological polar surface area (TPSA) is 76.2 Å². The van der Waals surface area contributed by atoms with Gasteiger partial charge in [-0.3, -0.25) is 9.59 Å². The fourth-order valence-corrected chi connectivity index (χ4v) is 5.82. The number of hydrogen-bond acceptors (Lipinski definition) is 5. The van der Waals surface area contributed by atoms with Crippen LogP contribution in [0.5, 0.6) is 11.5 Å². The number of hydrogen-bond donors (Lipinski definition) is 0. The van der Waals surface area contributed by atoms with Crippen molar-refractivity contribution < 1.29 is 23.9 Å². The Bertz CT molecular complexity index is 1880. The van der Waals surface area contributed by atoms with E-state index in [1.165, 1.54) is 13.2 Å². The van der Waals surface area contributed by atoms with Crippen LogP contribution < -0.4 is 19.3 Å². The number of fused-ring (bicyclic) bond motifs is 1. The van der Waals surface area contributed by atoms with Crippen molar-refractivity contribution in [1.82, 2.24) is 0 Å². The van der Waals surface area contributed by atoms with Gasteiger partial charge in [-0.05, 0) is 87.2 Å². The Labute approximate surface area is 263 Å². The Morgan fingerprint density at radius 2 is 1.34 bits per heavy atom. The van der Waals surface area contributed by atoms with E-state index in [0.717, 1.165) is 31.7 Å². The molecule has 218 valence electrons. The van der Waals surface area contributed by atoms with Crippen LogP contribution in [0, 0.1) is 6.92 Å². The second-order valence-electron chi connectivity index (χ2n) is 10.2. The van der Waals surface area contributed by atoms with Gasteiger partial charge in [0.25, 0.3) is 11.8 Å². The molecule has 44 heavy (non-hydrogen) atoms. The number of carbonyl (C=O) groups is 3. The minimum absolute atomic E-state index is 0.175. The number of urea groups is 1. The van der Waals surface area contributed by atoms with Crippen molar-refractivity contribution in [2.75, 3.05) is 16.9 Å². The van der Waals surface area contributed by atoms with Crippen molar-refractivity contribution in [2.24, 2.45) is 0 Å². The molecule has 0 aromatic heterocycles. The minimum Gasteiger partial charge on any atom is -0.493 e. The van der Waals surface area contributed by atoms with Crippen molar-refractivity contribution >= 4 is 62.0 Å². The number of para-hydroxylation sites is 2. The van der Waals surface area contributed by atoms with Gasteiger partial charge >= 0.3 is 6.03 Å². The van der Waals surface area contributed by atoms with E-state index in [1.807, 2.05) is 19.1 Å². The molecule has 0 aliphatic carbocycles. The van der Waals surface area contributed by atoms with Crippen LogP contribution in [0.25, 0.3) is 16.8 Å². The molecule has 1 heterocycles. The maximum Gasteiger partial charge on any atom is 0.343 e. The number of methoxy groups -OCH3 is 1. The van der Waals surface area contributed by atoms with Gasteiger partial charge in [-0.1, -0.05) is 72.8 Å². The van der Waals surface area contributed by atoms with Crippen LogP contribution in [-0.2, 0) is 16.2 Å². The van der Waals surface area contributed by atoms with E-state index in [2.05, 4.69) is 40.2 Å². The lowest BCUT2D eigenvalue weighted by atomic mass is 10.0. The molecule has 6 rings (SSSR count). The monoisotopic (exact) mass is 646 g/mol. The molecule has 1 saturated heterocycles. The first-order valence-electron chi connectivity index (χ1n) is 13.9. The van der Waals surface area contributed by atoms with Crippen LogP contribution >= 0.6 is 15.9 Å². The highest BCUT2D eigenvalue weighted by molar-refractivity contribution is 9.10. The average Bonchev–Trinajstić information content (AvgIpc) is 3.04. The molecule has 8 heteroatoms. The second-order valence-corrected chi connectivity index (χ2v) is 11.1. The number of aryl methyl sites for hydroxylation is 1. The Kier molecular flexibility index (Phi) is 8.00. The van der Waals surface area contributed by atoms with Gasteiger partial charge in [0.2, 0.25) is 0 Å². The van der Waals surface area contributed by atoms with Gasteiger partial charge in [0.1, 0.15) is 12.2 Å². The SMILES string of the molecule is COc1cc(C=C2C(=O)N(c3ccccc3)C(=O)N(c3ccccc3)C2=O)cc(Br)c1OCc1c(C)ccc2ccccc12. The fourth-order valence-electron chi connectivity index (χ4n) is 5.25. The van der Waals surface area contributed by atoms with Crippen LogP contribution in [0.15, 0.2) is 119 Å². The Balaban J connectivity index is 1.38.